The highest BCUT2D eigenvalue weighted by Crippen LogP contribution is 2.00. The standard InChI is InChI=1S/C7H13BrN2O2/c1-5(2)10(4-6(9)11)7(12)3-8/h5H,3-4H2,1-2H3,(H2,9,11). The molecule has 0 spiro atoms. The minimum Gasteiger partial charge on any atom is -0.368 e. The lowest BCUT2D eigenvalue weighted by atomic mass is 10.3. The SMILES string of the molecule is CC(C)N(CC(N)=O)C(=O)CBr. The molecule has 0 saturated carbocycles. The Balaban J connectivity index is 4.23. The lowest BCUT2D eigenvalue weighted by Crippen LogP contribution is -2.43. The number of carbonyl (C=O) groups excluding carboxylic acids is 2. The van der Waals surface area contributed by atoms with Gasteiger partial charge in [-0.1, -0.05) is 15.9 Å². The third-order valence-electron chi connectivity index (χ3n) is 1.38. The Morgan fingerprint density at radius 2 is 2.00 bits per heavy atom. The highest BCUT2D eigenvalue weighted by Gasteiger charge is 2.16. The number of hydrogen-bond donors (Lipinski definition) is 1. The molecule has 2 N–H and O–H groups in total. The Morgan fingerprint density at radius 3 is 2.25 bits per heavy atom. The van der Waals surface area contributed by atoms with Crippen LogP contribution < -0.4 is 5.73 Å². The predicted molar refractivity (Wildman–Crippen MR) is 49.8 cm³/mol. The summed E-state index contributed by atoms with van der Waals surface area (Å²) in [6.45, 7) is 3.66. The summed E-state index contributed by atoms with van der Waals surface area (Å²) in [5.41, 5.74) is 4.98. The van der Waals surface area contributed by atoms with E-state index >= 15 is 0 Å². The van der Waals surface area contributed by atoms with E-state index in [0.29, 0.717) is 0 Å². The molecule has 12 heavy (non-hydrogen) atoms. The molecule has 0 bridgehead atoms. The molecule has 0 radical (unpaired) electrons. The number of halogens is 1. The van der Waals surface area contributed by atoms with E-state index in [4.69, 9.17) is 5.73 Å². The van der Waals surface area contributed by atoms with Crippen molar-refractivity contribution in [1.82, 2.24) is 4.90 Å². The number of hydrogen-bond acceptors (Lipinski definition) is 2. The van der Waals surface area contributed by atoms with E-state index in [1.807, 2.05) is 13.8 Å². The Morgan fingerprint density at radius 1 is 1.50 bits per heavy atom. The second-order valence-corrected chi connectivity index (χ2v) is 3.28. The van der Waals surface area contributed by atoms with Crippen LogP contribution in [-0.4, -0.2) is 34.6 Å². The summed E-state index contributed by atoms with van der Waals surface area (Å²) in [5.74, 6) is -0.609. The molecule has 0 aromatic heterocycles. The van der Waals surface area contributed by atoms with Gasteiger partial charge < -0.3 is 10.6 Å². The first-order valence-electron chi connectivity index (χ1n) is 3.62. The van der Waals surface area contributed by atoms with Crippen LogP contribution in [0.5, 0.6) is 0 Å². The van der Waals surface area contributed by atoms with Gasteiger partial charge >= 0.3 is 0 Å². The number of rotatable bonds is 4. The van der Waals surface area contributed by atoms with Gasteiger partial charge in [0, 0.05) is 6.04 Å². The molecule has 4 nitrogen and oxygen atoms in total. The maximum atomic E-state index is 11.2. The molecule has 0 atom stereocenters. The lowest BCUT2D eigenvalue weighted by Gasteiger charge is -2.24. The quantitative estimate of drug-likeness (QED) is 0.705. The summed E-state index contributed by atoms with van der Waals surface area (Å²) in [4.78, 5) is 23.1. The smallest absolute Gasteiger partial charge is 0.237 e. The summed E-state index contributed by atoms with van der Waals surface area (Å²) >= 11 is 3.03. The molecule has 70 valence electrons. The zero-order valence-electron chi connectivity index (χ0n) is 7.21. The fourth-order valence-corrected chi connectivity index (χ4v) is 1.13. The van der Waals surface area contributed by atoms with Crippen molar-refractivity contribution in [3.8, 4) is 0 Å². The van der Waals surface area contributed by atoms with Crippen molar-refractivity contribution < 1.29 is 9.59 Å². The minimum absolute atomic E-state index is 0.00236. The van der Waals surface area contributed by atoms with Gasteiger partial charge in [0.05, 0.1) is 11.9 Å². The molecule has 0 aliphatic rings. The third kappa shape index (κ3) is 3.71. The van der Waals surface area contributed by atoms with E-state index in [2.05, 4.69) is 15.9 Å². The van der Waals surface area contributed by atoms with Gasteiger partial charge in [0.1, 0.15) is 0 Å². The van der Waals surface area contributed by atoms with Crippen molar-refractivity contribution in [2.24, 2.45) is 5.73 Å². The highest BCUT2D eigenvalue weighted by atomic mass is 79.9. The third-order valence-corrected chi connectivity index (χ3v) is 1.86. The van der Waals surface area contributed by atoms with Crippen LogP contribution in [-0.2, 0) is 9.59 Å². The fourth-order valence-electron chi connectivity index (χ4n) is 0.803. The van der Waals surface area contributed by atoms with E-state index in [1.165, 1.54) is 4.90 Å². The maximum absolute atomic E-state index is 11.2. The monoisotopic (exact) mass is 236 g/mol. The van der Waals surface area contributed by atoms with Crippen molar-refractivity contribution in [2.75, 3.05) is 11.9 Å². The van der Waals surface area contributed by atoms with Crippen molar-refractivity contribution in [3.05, 3.63) is 0 Å². The molecule has 0 aromatic rings. The first-order chi connectivity index (χ1) is 5.49. The number of amides is 2. The number of nitrogens with two attached hydrogens (primary N) is 1. The molecule has 0 saturated heterocycles. The largest absolute Gasteiger partial charge is 0.368 e. The molecule has 5 heteroatoms. The van der Waals surface area contributed by atoms with E-state index < -0.39 is 5.91 Å². The van der Waals surface area contributed by atoms with Gasteiger partial charge in [-0.15, -0.1) is 0 Å². The molecule has 0 aliphatic heterocycles. The predicted octanol–water partition coefficient (Wildman–Crippen LogP) is 0.104. The normalized spacial score (nSPS) is 10.0. The molecule has 0 rings (SSSR count). The molecule has 0 aromatic carbocycles. The van der Waals surface area contributed by atoms with Crippen LogP contribution in [0, 0.1) is 0 Å². The topological polar surface area (TPSA) is 63.4 Å². The molecule has 2 amide bonds. The number of primary amides is 1. The zero-order chi connectivity index (χ0) is 9.72. The fraction of sp³-hybridized carbons (Fsp3) is 0.714. The van der Waals surface area contributed by atoms with Gasteiger partial charge in [-0.05, 0) is 13.8 Å². The first-order valence-corrected chi connectivity index (χ1v) is 4.75. The van der Waals surface area contributed by atoms with Crippen molar-refractivity contribution >= 4 is 27.7 Å². The average Bonchev–Trinajstić information content (AvgIpc) is 1.98. The Labute approximate surface area is 80.2 Å². The van der Waals surface area contributed by atoms with E-state index in [1.54, 1.807) is 0 Å². The number of nitrogens with zero attached hydrogens (tertiary/aromatic N) is 1. The van der Waals surface area contributed by atoms with Gasteiger partial charge in [-0.3, -0.25) is 9.59 Å². The zero-order valence-corrected chi connectivity index (χ0v) is 8.80. The second-order valence-electron chi connectivity index (χ2n) is 2.72. The molecule has 0 unspecified atom stereocenters. The van der Waals surface area contributed by atoms with Crippen LogP contribution in [0.1, 0.15) is 13.8 Å². The Bertz CT molecular complexity index is 182. The van der Waals surface area contributed by atoms with E-state index in [9.17, 15) is 9.59 Å². The summed E-state index contributed by atoms with van der Waals surface area (Å²) in [6.07, 6.45) is 0. The Kier molecular flexibility index (Phi) is 4.89. The molecule has 0 aliphatic carbocycles. The van der Waals surface area contributed by atoms with Crippen molar-refractivity contribution in [3.63, 3.8) is 0 Å². The van der Waals surface area contributed by atoms with Gasteiger partial charge in [0.25, 0.3) is 0 Å². The maximum Gasteiger partial charge on any atom is 0.237 e. The van der Waals surface area contributed by atoms with Crippen molar-refractivity contribution in [2.45, 2.75) is 19.9 Å². The van der Waals surface area contributed by atoms with E-state index in [0.717, 1.165) is 0 Å². The molecular formula is C7H13BrN2O2. The van der Waals surface area contributed by atoms with E-state index in [-0.39, 0.29) is 23.8 Å². The van der Waals surface area contributed by atoms with Crippen LogP contribution in [0.2, 0.25) is 0 Å². The summed E-state index contributed by atoms with van der Waals surface area (Å²) in [6, 6.07) is 0.00236. The second kappa shape index (κ2) is 5.13. The average molecular weight is 237 g/mol. The summed E-state index contributed by atoms with van der Waals surface area (Å²) in [7, 11) is 0. The van der Waals surface area contributed by atoms with Gasteiger partial charge in [-0.2, -0.15) is 0 Å². The van der Waals surface area contributed by atoms with Gasteiger partial charge in [-0.25, -0.2) is 0 Å². The van der Waals surface area contributed by atoms with Crippen LogP contribution in [0.25, 0.3) is 0 Å². The highest BCUT2D eigenvalue weighted by molar-refractivity contribution is 9.09. The molecule has 0 heterocycles. The van der Waals surface area contributed by atoms with Gasteiger partial charge in [0.2, 0.25) is 11.8 Å². The lowest BCUT2D eigenvalue weighted by molar-refractivity contribution is -0.134. The Hall–Kier alpha value is -0.580. The first kappa shape index (κ1) is 11.4. The summed E-state index contributed by atoms with van der Waals surface area (Å²) < 4.78 is 0. The number of carbonyl (C=O) groups is 2. The molecular weight excluding hydrogens is 224 g/mol. The van der Waals surface area contributed by atoms with Crippen LogP contribution in [0.3, 0.4) is 0 Å². The number of alkyl halides is 1. The van der Waals surface area contributed by atoms with Gasteiger partial charge in [0.15, 0.2) is 0 Å². The van der Waals surface area contributed by atoms with Crippen LogP contribution >= 0.6 is 15.9 Å². The summed E-state index contributed by atoms with van der Waals surface area (Å²) in [5, 5.41) is 0.221. The minimum atomic E-state index is -0.488. The van der Waals surface area contributed by atoms with Crippen LogP contribution in [0.15, 0.2) is 0 Å². The van der Waals surface area contributed by atoms with Crippen LogP contribution in [0.4, 0.5) is 0 Å². The molecule has 0 fully saturated rings. The van der Waals surface area contributed by atoms with Crippen molar-refractivity contribution in [1.29, 1.82) is 0 Å².